The van der Waals surface area contributed by atoms with Crippen molar-refractivity contribution in [2.24, 2.45) is 0 Å². The molecule has 1 aromatic heterocycles. The van der Waals surface area contributed by atoms with E-state index < -0.39 is 10.3 Å². The molecule has 1 aliphatic carbocycles. The normalized spacial score (nSPS) is 15.8. The average Bonchev–Trinajstić information content (AvgIpc) is 2.90. The summed E-state index contributed by atoms with van der Waals surface area (Å²) >= 11 is 0. The quantitative estimate of drug-likeness (QED) is 0.305. The van der Waals surface area contributed by atoms with Gasteiger partial charge in [-0.05, 0) is 106 Å². The number of rotatable bonds is 8. The highest BCUT2D eigenvalue weighted by Crippen LogP contribution is 2.53. The Morgan fingerprint density at radius 3 is 2.50 bits per heavy atom. The van der Waals surface area contributed by atoms with Crippen LogP contribution in [0.2, 0.25) is 0 Å². The first-order chi connectivity index (χ1) is 18.0. The lowest BCUT2D eigenvalue weighted by atomic mass is 9.82. The number of nitrogens with one attached hydrogen (secondary N) is 1. The standard InChI is InChI=1S/C31H41N3O3S/c1-31(2,3)38(6,7)37-26-14-11-24(12-15-26)34(4)25-13-16-27-22(19-25)9-8-10-23(27)20-33-29-21-32-18-17-28(29)30(35)36-5/h11-19,21,23,33H,8-10,20H2,1-7H3/t23-/m0/s1. The topological polar surface area (TPSA) is 63.7 Å². The van der Waals surface area contributed by atoms with E-state index in [-0.39, 0.29) is 10.7 Å². The lowest BCUT2D eigenvalue weighted by Crippen LogP contribution is -2.27. The van der Waals surface area contributed by atoms with Crippen LogP contribution in [0.15, 0.2) is 60.9 Å². The number of anilines is 3. The van der Waals surface area contributed by atoms with Gasteiger partial charge in [-0.15, -0.1) is 0 Å². The molecule has 7 heteroatoms. The van der Waals surface area contributed by atoms with Crippen molar-refractivity contribution in [3.8, 4) is 5.75 Å². The molecule has 3 aromatic rings. The number of hydrogen-bond donors (Lipinski definition) is 1. The van der Waals surface area contributed by atoms with Gasteiger partial charge in [-0.25, -0.2) is 4.79 Å². The highest BCUT2D eigenvalue weighted by Gasteiger charge is 2.30. The molecular weight excluding hydrogens is 494 g/mol. The summed E-state index contributed by atoms with van der Waals surface area (Å²) in [7, 11) is 2.28. The van der Waals surface area contributed by atoms with Gasteiger partial charge < -0.3 is 19.1 Å². The fraction of sp³-hybridized carbons (Fsp3) is 0.419. The zero-order valence-electron chi connectivity index (χ0n) is 23.7. The fourth-order valence-electron chi connectivity index (χ4n) is 4.62. The third-order valence-corrected chi connectivity index (χ3v) is 11.3. The van der Waals surface area contributed by atoms with Crippen molar-refractivity contribution in [1.29, 1.82) is 0 Å². The van der Waals surface area contributed by atoms with E-state index in [4.69, 9.17) is 8.92 Å². The van der Waals surface area contributed by atoms with Gasteiger partial charge in [-0.3, -0.25) is 4.98 Å². The van der Waals surface area contributed by atoms with Crippen LogP contribution >= 0.6 is 10.3 Å². The van der Waals surface area contributed by atoms with Crippen LogP contribution < -0.4 is 14.4 Å². The number of fused-ring (bicyclic) bond motifs is 1. The summed E-state index contributed by atoms with van der Waals surface area (Å²) in [6.45, 7) is 7.45. The second-order valence-corrected chi connectivity index (χ2v) is 15.1. The third-order valence-electron chi connectivity index (χ3n) is 7.72. The second kappa shape index (κ2) is 11.3. The maximum Gasteiger partial charge on any atom is 0.340 e. The number of pyridine rings is 1. The van der Waals surface area contributed by atoms with Gasteiger partial charge in [0.25, 0.3) is 0 Å². The molecule has 0 unspecified atom stereocenters. The van der Waals surface area contributed by atoms with E-state index >= 15 is 0 Å². The maximum atomic E-state index is 12.1. The highest BCUT2D eigenvalue weighted by molar-refractivity contribution is 8.30. The molecule has 2 aromatic carbocycles. The molecule has 0 bridgehead atoms. The molecule has 0 saturated carbocycles. The Morgan fingerprint density at radius 1 is 1.11 bits per heavy atom. The zero-order valence-corrected chi connectivity index (χ0v) is 24.5. The molecule has 0 fully saturated rings. The first-order valence-electron chi connectivity index (χ1n) is 13.2. The Kier molecular flexibility index (Phi) is 8.26. The van der Waals surface area contributed by atoms with Crippen molar-refractivity contribution >= 4 is 33.3 Å². The fourth-order valence-corrected chi connectivity index (χ4v) is 5.46. The molecule has 1 N–H and O–H groups in total. The van der Waals surface area contributed by atoms with E-state index in [1.807, 2.05) is 0 Å². The number of benzene rings is 2. The Hall–Kier alpha value is -3.19. The first-order valence-corrected chi connectivity index (χ1v) is 15.5. The predicted octanol–water partition coefficient (Wildman–Crippen LogP) is 7.32. The minimum atomic E-state index is -1.23. The van der Waals surface area contributed by atoms with Gasteiger partial charge in [-0.1, -0.05) is 16.4 Å². The maximum absolute atomic E-state index is 12.1. The lowest BCUT2D eigenvalue weighted by molar-refractivity contribution is 0.0601. The average molecular weight is 536 g/mol. The first kappa shape index (κ1) is 27.8. The van der Waals surface area contributed by atoms with Crippen LogP contribution in [0, 0.1) is 0 Å². The minimum absolute atomic E-state index is 0.112. The number of esters is 1. The van der Waals surface area contributed by atoms with Crippen molar-refractivity contribution in [2.75, 3.05) is 43.4 Å². The summed E-state index contributed by atoms with van der Waals surface area (Å²) in [6.07, 6.45) is 11.1. The number of aromatic nitrogens is 1. The van der Waals surface area contributed by atoms with Gasteiger partial charge in [0.1, 0.15) is 5.75 Å². The van der Waals surface area contributed by atoms with Gasteiger partial charge in [0.2, 0.25) is 0 Å². The van der Waals surface area contributed by atoms with Crippen LogP contribution in [0.4, 0.5) is 17.1 Å². The number of carbonyl (C=O) groups is 1. The summed E-state index contributed by atoms with van der Waals surface area (Å²) in [5.74, 6) is 0.932. The second-order valence-electron chi connectivity index (χ2n) is 11.2. The van der Waals surface area contributed by atoms with E-state index in [0.717, 1.165) is 37.2 Å². The molecule has 0 amide bonds. The smallest absolute Gasteiger partial charge is 0.340 e. The van der Waals surface area contributed by atoms with Crippen molar-refractivity contribution in [2.45, 2.75) is 50.7 Å². The summed E-state index contributed by atoms with van der Waals surface area (Å²) in [4.78, 5) is 18.5. The molecule has 1 atom stereocenters. The molecule has 1 heterocycles. The Balaban J connectivity index is 1.46. The van der Waals surface area contributed by atoms with Crippen LogP contribution in [-0.2, 0) is 11.2 Å². The van der Waals surface area contributed by atoms with Gasteiger partial charge in [0, 0.05) is 41.8 Å². The van der Waals surface area contributed by atoms with Crippen LogP contribution in [0.1, 0.15) is 61.0 Å². The Bertz CT molecular complexity index is 1270. The molecule has 0 aliphatic heterocycles. The van der Waals surface area contributed by atoms with E-state index in [1.165, 1.54) is 23.9 Å². The Morgan fingerprint density at radius 2 is 1.82 bits per heavy atom. The van der Waals surface area contributed by atoms with Gasteiger partial charge in [0.05, 0.1) is 24.6 Å². The van der Waals surface area contributed by atoms with E-state index in [9.17, 15) is 4.79 Å². The molecule has 6 nitrogen and oxygen atoms in total. The van der Waals surface area contributed by atoms with Gasteiger partial charge in [-0.2, -0.15) is 0 Å². The summed E-state index contributed by atoms with van der Waals surface area (Å²) in [5.41, 5.74) is 6.29. The molecule has 0 radical (unpaired) electrons. The summed E-state index contributed by atoms with van der Waals surface area (Å²) < 4.78 is 11.4. The monoisotopic (exact) mass is 535 g/mol. The Labute approximate surface area is 229 Å². The molecule has 0 saturated heterocycles. The SMILES string of the molecule is COC(=O)c1ccncc1NC[C@@H]1CCCc2cc(N(C)c3ccc(OS(C)(C)C(C)(C)C)cc3)ccc21. The summed E-state index contributed by atoms with van der Waals surface area (Å²) in [5, 5.41) is 3.45. The number of hydrogen-bond acceptors (Lipinski definition) is 6. The number of aryl methyl sites for hydroxylation is 1. The molecule has 4 rings (SSSR count). The van der Waals surface area contributed by atoms with E-state index in [0.29, 0.717) is 17.2 Å². The zero-order chi connectivity index (χ0) is 27.5. The molecule has 0 spiro atoms. The minimum Gasteiger partial charge on any atom is -0.465 e. The van der Waals surface area contributed by atoms with Crippen LogP contribution in [0.3, 0.4) is 0 Å². The van der Waals surface area contributed by atoms with Crippen LogP contribution in [0.5, 0.6) is 5.75 Å². The number of methoxy groups -OCH3 is 1. The van der Waals surface area contributed by atoms with E-state index in [2.05, 4.69) is 98.0 Å². The molecule has 204 valence electrons. The van der Waals surface area contributed by atoms with Crippen molar-refractivity contribution in [3.05, 3.63) is 77.6 Å². The van der Waals surface area contributed by atoms with E-state index in [1.54, 1.807) is 18.5 Å². The lowest BCUT2D eigenvalue weighted by Gasteiger charge is -2.43. The van der Waals surface area contributed by atoms with Crippen LogP contribution in [-0.4, -0.2) is 48.9 Å². The van der Waals surface area contributed by atoms with Gasteiger partial charge >= 0.3 is 5.97 Å². The molecular formula is C31H41N3O3S. The molecule has 38 heavy (non-hydrogen) atoms. The number of nitrogens with zero attached hydrogens (tertiary/aromatic N) is 2. The predicted molar refractivity (Wildman–Crippen MR) is 161 cm³/mol. The largest absolute Gasteiger partial charge is 0.465 e. The van der Waals surface area contributed by atoms with Crippen molar-refractivity contribution in [3.63, 3.8) is 0 Å². The van der Waals surface area contributed by atoms with Crippen LogP contribution in [0.25, 0.3) is 0 Å². The number of ether oxygens (including phenoxy) is 1. The molecule has 1 aliphatic rings. The number of carbonyl (C=O) groups excluding carboxylic acids is 1. The van der Waals surface area contributed by atoms with Crippen molar-refractivity contribution < 1.29 is 13.7 Å². The summed E-state index contributed by atoms with van der Waals surface area (Å²) in [6, 6.07) is 16.9. The van der Waals surface area contributed by atoms with Crippen molar-refractivity contribution in [1.82, 2.24) is 4.98 Å². The van der Waals surface area contributed by atoms with Gasteiger partial charge in [0.15, 0.2) is 0 Å². The third kappa shape index (κ3) is 6.09. The highest BCUT2D eigenvalue weighted by atomic mass is 32.3.